The van der Waals surface area contributed by atoms with E-state index in [1.165, 1.54) is 6.42 Å². The van der Waals surface area contributed by atoms with Gasteiger partial charge < -0.3 is 4.90 Å². The number of aromatic nitrogens is 2. The summed E-state index contributed by atoms with van der Waals surface area (Å²) in [5.41, 5.74) is 2.18. The SMILES string of the molecule is Cn1nc(-c2cccs2)cc1C(=O)N1CC2(C)CC1CC(C)(C)C2. The molecule has 1 saturated heterocycles. The highest BCUT2D eigenvalue weighted by Crippen LogP contribution is 2.52. The summed E-state index contributed by atoms with van der Waals surface area (Å²) in [6, 6.07) is 6.38. The average Bonchev–Trinajstić information content (AvgIpc) is 3.15. The van der Waals surface area contributed by atoms with Crippen LogP contribution in [0.25, 0.3) is 10.6 Å². The molecule has 4 rings (SSSR count). The highest BCUT2D eigenvalue weighted by molar-refractivity contribution is 7.13. The molecule has 2 unspecified atom stereocenters. The molecule has 24 heavy (non-hydrogen) atoms. The topological polar surface area (TPSA) is 38.1 Å². The molecule has 2 bridgehead atoms. The first-order valence-electron chi connectivity index (χ1n) is 8.65. The molecule has 4 nitrogen and oxygen atoms in total. The molecule has 128 valence electrons. The molecule has 0 aromatic carbocycles. The van der Waals surface area contributed by atoms with Crippen LogP contribution in [0.15, 0.2) is 23.6 Å². The molecule has 1 aliphatic carbocycles. The third-order valence-electron chi connectivity index (χ3n) is 5.55. The smallest absolute Gasteiger partial charge is 0.272 e. The Hall–Kier alpha value is -1.62. The quantitative estimate of drug-likeness (QED) is 0.820. The van der Waals surface area contributed by atoms with E-state index in [2.05, 4.69) is 30.8 Å². The number of hydrogen-bond acceptors (Lipinski definition) is 3. The number of nitrogens with zero attached hydrogens (tertiary/aromatic N) is 3. The number of rotatable bonds is 2. The van der Waals surface area contributed by atoms with Crippen molar-refractivity contribution in [3.63, 3.8) is 0 Å². The fourth-order valence-electron chi connectivity index (χ4n) is 5.06. The van der Waals surface area contributed by atoms with E-state index in [9.17, 15) is 4.79 Å². The number of fused-ring (bicyclic) bond motifs is 2. The van der Waals surface area contributed by atoms with Gasteiger partial charge in [0, 0.05) is 19.6 Å². The van der Waals surface area contributed by atoms with Crippen molar-refractivity contribution in [2.24, 2.45) is 17.9 Å². The Bertz CT molecular complexity index is 777. The lowest BCUT2D eigenvalue weighted by Gasteiger charge is -2.39. The lowest BCUT2D eigenvalue weighted by molar-refractivity contribution is 0.0697. The standard InChI is InChI=1S/C19H25N3OS/c1-18(2)9-13-10-19(3,11-18)12-22(13)17(23)15-8-14(20-21(15)4)16-6-5-7-24-16/h5-8,13H,9-12H2,1-4H3. The van der Waals surface area contributed by atoms with Crippen LogP contribution in [0.2, 0.25) is 0 Å². The van der Waals surface area contributed by atoms with E-state index in [4.69, 9.17) is 0 Å². The number of carbonyl (C=O) groups is 1. The van der Waals surface area contributed by atoms with Crippen LogP contribution in [0.4, 0.5) is 0 Å². The fourth-order valence-corrected chi connectivity index (χ4v) is 5.74. The summed E-state index contributed by atoms with van der Waals surface area (Å²) in [5.74, 6) is 0.138. The number of carbonyl (C=O) groups excluding carboxylic acids is 1. The van der Waals surface area contributed by atoms with Crippen molar-refractivity contribution in [3.05, 3.63) is 29.3 Å². The van der Waals surface area contributed by atoms with E-state index in [-0.39, 0.29) is 11.3 Å². The molecule has 2 aromatic heterocycles. The molecule has 0 spiro atoms. The summed E-state index contributed by atoms with van der Waals surface area (Å²) >= 11 is 1.66. The second kappa shape index (κ2) is 5.19. The van der Waals surface area contributed by atoms with E-state index in [0.29, 0.717) is 17.2 Å². The predicted molar refractivity (Wildman–Crippen MR) is 97.1 cm³/mol. The Morgan fingerprint density at radius 3 is 2.83 bits per heavy atom. The first-order chi connectivity index (χ1) is 11.3. The molecule has 1 saturated carbocycles. The van der Waals surface area contributed by atoms with Crippen LogP contribution in [-0.4, -0.2) is 33.2 Å². The van der Waals surface area contributed by atoms with E-state index >= 15 is 0 Å². The predicted octanol–water partition coefficient (Wildman–Crippen LogP) is 4.19. The van der Waals surface area contributed by atoms with Crippen molar-refractivity contribution < 1.29 is 4.79 Å². The zero-order valence-corrected chi connectivity index (χ0v) is 15.7. The van der Waals surface area contributed by atoms with Gasteiger partial charge in [0.05, 0.1) is 4.88 Å². The van der Waals surface area contributed by atoms with Crippen molar-refractivity contribution in [1.82, 2.24) is 14.7 Å². The summed E-state index contributed by atoms with van der Waals surface area (Å²) in [7, 11) is 1.87. The maximum Gasteiger partial charge on any atom is 0.272 e. The highest BCUT2D eigenvalue weighted by atomic mass is 32.1. The van der Waals surface area contributed by atoms with Gasteiger partial charge in [0.25, 0.3) is 5.91 Å². The molecule has 2 aliphatic rings. The number of hydrogen-bond donors (Lipinski definition) is 0. The number of thiophene rings is 1. The van der Waals surface area contributed by atoms with Gasteiger partial charge in [-0.3, -0.25) is 9.48 Å². The number of amides is 1. The zero-order valence-electron chi connectivity index (χ0n) is 14.9. The third kappa shape index (κ3) is 2.59. The average molecular weight is 343 g/mol. The molecule has 1 amide bonds. The van der Waals surface area contributed by atoms with E-state index in [1.54, 1.807) is 16.0 Å². The molecular weight excluding hydrogens is 318 g/mol. The monoisotopic (exact) mass is 343 g/mol. The van der Waals surface area contributed by atoms with Crippen LogP contribution in [-0.2, 0) is 7.05 Å². The Balaban J connectivity index is 1.63. The molecule has 0 N–H and O–H groups in total. The molecule has 1 aliphatic heterocycles. The number of likely N-dealkylation sites (tertiary alicyclic amines) is 1. The van der Waals surface area contributed by atoms with Crippen molar-refractivity contribution in [2.45, 2.75) is 46.1 Å². The minimum atomic E-state index is 0.138. The minimum Gasteiger partial charge on any atom is -0.334 e. The third-order valence-corrected chi connectivity index (χ3v) is 6.44. The molecule has 3 heterocycles. The van der Waals surface area contributed by atoms with Gasteiger partial charge in [-0.2, -0.15) is 5.10 Å². The molecule has 5 heteroatoms. The van der Waals surface area contributed by atoms with Crippen molar-refractivity contribution in [1.29, 1.82) is 0 Å². The molecule has 2 fully saturated rings. The summed E-state index contributed by atoms with van der Waals surface area (Å²) in [5, 5.41) is 6.60. The van der Waals surface area contributed by atoms with Gasteiger partial charge in [-0.25, -0.2) is 0 Å². The van der Waals surface area contributed by atoms with Crippen molar-refractivity contribution >= 4 is 17.2 Å². The summed E-state index contributed by atoms with van der Waals surface area (Å²) in [6.07, 6.45) is 3.44. The molecule has 0 radical (unpaired) electrons. The lowest BCUT2D eigenvalue weighted by Crippen LogP contribution is -2.38. The second-order valence-electron chi connectivity index (χ2n) is 8.66. The Morgan fingerprint density at radius 1 is 1.33 bits per heavy atom. The zero-order chi connectivity index (χ0) is 17.1. The van der Waals surface area contributed by atoms with Crippen LogP contribution in [0.3, 0.4) is 0 Å². The maximum atomic E-state index is 13.2. The van der Waals surface area contributed by atoms with Gasteiger partial charge in [-0.15, -0.1) is 11.3 Å². The minimum absolute atomic E-state index is 0.138. The maximum absolute atomic E-state index is 13.2. The Kier molecular flexibility index (Phi) is 3.43. The number of aryl methyl sites for hydroxylation is 1. The fraction of sp³-hybridized carbons (Fsp3) is 0.579. The van der Waals surface area contributed by atoms with Crippen molar-refractivity contribution in [2.75, 3.05) is 6.54 Å². The molecule has 2 atom stereocenters. The van der Waals surface area contributed by atoms with Crippen molar-refractivity contribution in [3.8, 4) is 10.6 Å². The Morgan fingerprint density at radius 2 is 2.12 bits per heavy atom. The Labute approximate surface area is 147 Å². The van der Waals surface area contributed by atoms with Crippen LogP contribution in [0.5, 0.6) is 0 Å². The van der Waals surface area contributed by atoms with Gasteiger partial charge in [-0.05, 0) is 47.6 Å². The van der Waals surface area contributed by atoms with Gasteiger partial charge in [0.1, 0.15) is 11.4 Å². The van der Waals surface area contributed by atoms with Crippen LogP contribution >= 0.6 is 11.3 Å². The first-order valence-corrected chi connectivity index (χ1v) is 9.53. The van der Waals surface area contributed by atoms with E-state index in [1.807, 2.05) is 30.6 Å². The van der Waals surface area contributed by atoms with E-state index in [0.717, 1.165) is 30.0 Å². The normalized spacial score (nSPS) is 28.3. The van der Waals surface area contributed by atoms with Gasteiger partial charge in [-0.1, -0.05) is 26.8 Å². The highest BCUT2D eigenvalue weighted by Gasteiger charge is 2.51. The van der Waals surface area contributed by atoms with Crippen LogP contribution in [0, 0.1) is 10.8 Å². The van der Waals surface area contributed by atoms with Gasteiger partial charge >= 0.3 is 0 Å². The van der Waals surface area contributed by atoms with Crippen LogP contribution < -0.4 is 0 Å². The summed E-state index contributed by atoms with van der Waals surface area (Å²) in [6.45, 7) is 7.89. The summed E-state index contributed by atoms with van der Waals surface area (Å²) < 4.78 is 1.74. The second-order valence-corrected chi connectivity index (χ2v) is 9.61. The molecular formula is C19H25N3OS. The largest absolute Gasteiger partial charge is 0.334 e. The van der Waals surface area contributed by atoms with E-state index < -0.39 is 0 Å². The van der Waals surface area contributed by atoms with Gasteiger partial charge in [0.15, 0.2) is 0 Å². The summed E-state index contributed by atoms with van der Waals surface area (Å²) in [4.78, 5) is 16.4. The molecule has 2 aromatic rings. The lowest BCUT2D eigenvalue weighted by atomic mass is 9.65. The van der Waals surface area contributed by atoms with Gasteiger partial charge in [0.2, 0.25) is 0 Å². The first kappa shape index (κ1) is 15.9. The van der Waals surface area contributed by atoms with Crippen LogP contribution in [0.1, 0.15) is 50.5 Å².